The van der Waals surface area contributed by atoms with Gasteiger partial charge in [0.1, 0.15) is 5.60 Å². The molecule has 1 aromatic rings. The number of benzene rings is 1. The Kier molecular flexibility index (Phi) is 5.83. The van der Waals surface area contributed by atoms with Crippen LogP contribution in [0, 0.1) is 0 Å². The Hall–Kier alpha value is -2.08. The lowest BCUT2D eigenvalue weighted by atomic mass is 10.1. The minimum atomic E-state index is -0.612. The molecule has 0 spiro atoms. The van der Waals surface area contributed by atoms with Crippen LogP contribution in [-0.4, -0.2) is 60.7 Å². The highest BCUT2D eigenvalue weighted by Crippen LogP contribution is 2.20. The number of ether oxygens (including phenoxy) is 2. The third-order valence-corrected chi connectivity index (χ3v) is 3.81. The number of hydrogen-bond donors (Lipinski definition) is 0. The van der Waals surface area contributed by atoms with Crippen LogP contribution in [0.5, 0.6) is 0 Å². The highest BCUT2D eigenvalue weighted by Gasteiger charge is 2.31. The molecule has 1 unspecified atom stereocenters. The highest BCUT2D eigenvalue weighted by molar-refractivity contribution is 5.82. The van der Waals surface area contributed by atoms with Crippen molar-refractivity contribution >= 4 is 12.0 Å². The number of methoxy groups -OCH3 is 1. The van der Waals surface area contributed by atoms with Crippen molar-refractivity contribution in [1.29, 1.82) is 0 Å². The molecule has 24 heavy (non-hydrogen) atoms. The summed E-state index contributed by atoms with van der Waals surface area (Å²) < 4.78 is 10.8. The molecule has 0 bridgehead atoms. The lowest BCUT2D eigenvalue weighted by Gasteiger charge is -2.36. The number of nitrogens with zero attached hydrogens (tertiary/aromatic N) is 2. The molecule has 6 heteroatoms. The number of amides is 2. The Morgan fingerprint density at radius 3 is 2.04 bits per heavy atom. The molecule has 1 aromatic carbocycles. The Morgan fingerprint density at radius 1 is 1.00 bits per heavy atom. The van der Waals surface area contributed by atoms with Gasteiger partial charge in [0, 0.05) is 33.3 Å². The van der Waals surface area contributed by atoms with Gasteiger partial charge in [-0.15, -0.1) is 0 Å². The third-order valence-electron chi connectivity index (χ3n) is 3.81. The molecule has 0 N–H and O–H groups in total. The Labute approximate surface area is 143 Å². The van der Waals surface area contributed by atoms with Crippen molar-refractivity contribution in [3.63, 3.8) is 0 Å². The minimum absolute atomic E-state index is 0.0764. The molecule has 1 atom stereocenters. The largest absolute Gasteiger partial charge is 0.444 e. The summed E-state index contributed by atoms with van der Waals surface area (Å²) in [5.41, 5.74) is 0.318. The number of carbonyl (C=O) groups excluding carboxylic acids is 2. The number of carbonyl (C=O) groups is 2. The average Bonchev–Trinajstić information content (AvgIpc) is 2.55. The maximum absolute atomic E-state index is 12.7. The molecule has 0 saturated carbocycles. The zero-order valence-electron chi connectivity index (χ0n) is 14.8. The van der Waals surface area contributed by atoms with Crippen LogP contribution in [0.15, 0.2) is 30.3 Å². The van der Waals surface area contributed by atoms with Gasteiger partial charge in [-0.2, -0.15) is 0 Å². The monoisotopic (exact) mass is 334 g/mol. The standard InChI is InChI=1S/C18H26N2O4/c1-18(2,3)24-17(22)20-12-10-19(11-13-20)16(21)15(23-4)14-8-6-5-7-9-14/h5-9,15H,10-13H2,1-4H3. The maximum Gasteiger partial charge on any atom is 0.410 e. The first-order valence-corrected chi connectivity index (χ1v) is 8.16. The Morgan fingerprint density at radius 2 is 1.54 bits per heavy atom. The fourth-order valence-electron chi connectivity index (χ4n) is 2.61. The molecule has 6 nitrogen and oxygen atoms in total. The van der Waals surface area contributed by atoms with Crippen molar-refractivity contribution in [2.45, 2.75) is 32.5 Å². The second kappa shape index (κ2) is 7.66. The maximum atomic E-state index is 12.7. The van der Waals surface area contributed by atoms with Gasteiger partial charge in [0.15, 0.2) is 6.10 Å². The summed E-state index contributed by atoms with van der Waals surface area (Å²) in [6.45, 7) is 7.41. The van der Waals surface area contributed by atoms with Crippen LogP contribution in [0.1, 0.15) is 32.4 Å². The van der Waals surface area contributed by atoms with E-state index in [1.807, 2.05) is 51.1 Å². The van der Waals surface area contributed by atoms with Crippen molar-refractivity contribution < 1.29 is 19.1 Å². The van der Waals surface area contributed by atoms with Crippen LogP contribution in [0.2, 0.25) is 0 Å². The molecule has 0 aromatic heterocycles. The molecule has 1 fully saturated rings. The molecule has 1 aliphatic rings. The summed E-state index contributed by atoms with van der Waals surface area (Å²) in [6, 6.07) is 9.43. The Bertz CT molecular complexity index is 560. The first-order chi connectivity index (χ1) is 11.3. The van der Waals surface area contributed by atoms with Crippen LogP contribution in [0.25, 0.3) is 0 Å². The minimum Gasteiger partial charge on any atom is -0.444 e. The molecule has 0 aliphatic carbocycles. The van der Waals surface area contributed by atoms with E-state index in [4.69, 9.17) is 9.47 Å². The van der Waals surface area contributed by atoms with Crippen molar-refractivity contribution in [2.24, 2.45) is 0 Å². The summed E-state index contributed by atoms with van der Waals surface area (Å²) in [5, 5.41) is 0. The quantitative estimate of drug-likeness (QED) is 0.852. The van der Waals surface area contributed by atoms with Crippen LogP contribution in [0.3, 0.4) is 0 Å². The van der Waals surface area contributed by atoms with Crippen molar-refractivity contribution in [3.8, 4) is 0 Å². The number of hydrogen-bond acceptors (Lipinski definition) is 4. The average molecular weight is 334 g/mol. The van der Waals surface area contributed by atoms with Gasteiger partial charge in [-0.05, 0) is 26.3 Å². The van der Waals surface area contributed by atoms with Gasteiger partial charge < -0.3 is 19.3 Å². The van der Waals surface area contributed by atoms with E-state index in [1.165, 1.54) is 7.11 Å². The normalized spacial score (nSPS) is 16.7. The SMILES string of the molecule is COC(C(=O)N1CCN(C(=O)OC(C)(C)C)CC1)c1ccccc1. The molecule has 2 rings (SSSR count). The van der Waals surface area contributed by atoms with Gasteiger partial charge in [-0.3, -0.25) is 4.79 Å². The van der Waals surface area contributed by atoms with Gasteiger partial charge in [-0.1, -0.05) is 30.3 Å². The van der Waals surface area contributed by atoms with E-state index >= 15 is 0 Å². The third kappa shape index (κ3) is 4.71. The molecule has 0 radical (unpaired) electrons. The van der Waals surface area contributed by atoms with Crippen molar-refractivity contribution in [1.82, 2.24) is 9.80 Å². The van der Waals surface area contributed by atoms with E-state index < -0.39 is 11.7 Å². The fraction of sp³-hybridized carbons (Fsp3) is 0.556. The van der Waals surface area contributed by atoms with E-state index in [0.29, 0.717) is 26.2 Å². The second-order valence-electron chi connectivity index (χ2n) is 6.82. The van der Waals surface area contributed by atoms with E-state index in [9.17, 15) is 9.59 Å². The van der Waals surface area contributed by atoms with Gasteiger partial charge in [0.2, 0.25) is 0 Å². The number of rotatable bonds is 3. The summed E-state index contributed by atoms with van der Waals surface area (Å²) in [5.74, 6) is -0.0764. The first kappa shape index (κ1) is 18.3. The zero-order chi connectivity index (χ0) is 17.7. The topological polar surface area (TPSA) is 59.1 Å². The van der Waals surface area contributed by atoms with Gasteiger partial charge in [0.25, 0.3) is 5.91 Å². The van der Waals surface area contributed by atoms with Crippen LogP contribution >= 0.6 is 0 Å². The summed E-state index contributed by atoms with van der Waals surface area (Å²) in [7, 11) is 1.53. The van der Waals surface area contributed by atoms with Crippen molar-refractivity contribution in [2.75, 3.05) is 33.3 Å². The van der Waals surface area contributed by atoms with E-state index in [-0.39, 0.29) is 12.0 Å². The molecule has 132 valence electrons. The summed E-state index contributed by atoms with van der Waals surface area (Å²) in [4.78, 5) is 28.2. The van der Waals surface area contributed by atoms with Crippen LogP contribution in [0.4, 0.5) is 4.79 Å². The summed E-state index contributed by atoms with van der Waals surface area (Å²) in [6.07, 6.45) is -0.944. The molecule has 2 amide bonds. The smallest absolute Gasteiger partial charge is 0.410 e. The predicted octanol–water partition coefficient (Wildman–Crippen LogP) is 2.45. The molecule has 1 aliphatic heterocycles. The number of piperazine rings is 1. The van der Waals surface area contributed by atoms with Crippen LogP contribution in [-0.2, 0) is 14.3 Å². The van der Waals surface area contributed by atoms with Crippen molar-refractivity contribution in [3.05, 3.63) is 35.9 Å². The zero-order valence-corrected chi connectivity index (χ0v) is 14.8. The summed E-state index contributed by atoms with van der Waals surface area (Å²) >= 11 is 0. The Balaban J connectivity index is 1.94. The van der Waals surface area contributed by atoms with Gasteiger partial charge in [-0.25, -0.2) is 4.79 Å². The van der Waals surface area contributed by atoms with Gasteiger partial charge >= 0.3 is 6.09 Å². The predicted molar refractivity (Wildman–Crippen MR) is 90.6 cm³/mol. The lowest BCUT2D eigenvalue weighted by Crippen LogP contribution is -2.52. The first-order valence-electron chi connectivity index (χ1n) is 8.16. The molecular formula is C18H26N2O4. The van der Waals surface area contributed by atoms with E-state index in [2.05, 4.69) is 0 Å². The second-order valence-corrected chi connectivity index (χ2v) is 6.82. The van der Waals surface area contributed by atoms with E-state index in [0.717, 1.165) is 5.56 Å². The van der Waals surface area contributed by atoms with Crippen LogP contribution < -0.4 is 0 Å². The van der Waals surface area contributed by atoms with E-state index in [1.54, 1.807) is 9.80 Å². The lowest BCUT2D eigenvalue weighted by molar-refractivity contribution is -0.144. The molecular weight excluding hydrogens is 308 g/mol. The fourth-order valence-corrected chi connectivity index (χ4v) is 2.61. The highest BCUT2D eigenvalue weighted by atomic mass is 16.6. The molecule has 1 heterocycles. The molecule has 1 saturated heterocycles. The van der Waals surface area contributed by atoms with Gasteiger partial charge in [0.05, 0.1) is 0 Å².